The van der Waals surface area contributed by atoms with Gasteiger partial charge in [-0.15, -0.1) is 17.9 Å². The molecule has 0 bridgehead atoms. The number of fused-ring (bicyclic) bond motifs is 1. The number of hydrogen-bond donors (Lipinski definition) is 0. The van der Waals surface area contributed by atoms with Gasteiger partial charge in [0, 0.05) is 23.1 Å². The summed E-state index contributed by atoms with van der Waals surface area (Å²) in [5.74, 6) is 1.04. The van der Waals surface area contributed by atoms with Gasteiger partial charge < -0.3 is 4.74 Å². The Morgan fingerprint density at radius 3 is 2.43 bits per heavy atom. The molecule has 37 heavy (non-hydrogen) atoms. The van der Waals surface area contributed by atoms with Crippen molar-refractivity contribution < 1.29 is 13.9 Å². The molecule has 0 aliphatic carbocycles. The normalized spacial score (nSPS) is 10.9. The van der Waals surface area contributed by atoms with E-state index in [2.05, 4.69) is 6.58 Å². The van der Waals surface area contributed by atoms with Crippen LogP contribution in [-0.2, 0) is 6.54 Å². The highest BCUT2D eigenvalue weighted by Crippen LogP contribution is 2.32. The number of benzene rings is 3. The lowest BCUT2D eigenvalue weighted by Crippen LogP contribution is -2.23. The zero-order chi connectivity index (χ0) is 25.8. The van der Waals surface area contributed by atoms with Gasteiger partial charge in [-0.2, -0.15) is 0 Å². The number of hydrogen-bond acceptors (Lipinski definition) is 6. The van der Waals surface area contributed by atoms with Crippen molar-refractivity contribution in [2.75, 3.05) is 5.75 Å². The summed E-state index contributed by atoms with van der Waals surface area (Å²) in [5.41, 5.74) is 1.77. The topological polar surface area (TPSA) is 61.2 Å². The summed E-state index contributed by atoms with van der Waals surface area (Å²) in [4.78, 5) is 31.6. The van der Waals surface area contributed by atoms with Crippen LogP contribution in [0.4, 0.5) is 4.39 Å². The SMILES string of the molecule is C=CCn1c(SCC(=O)c2ccc(Oc3ccccc3)cc2)nc2scc(-c3ccc(F)cc3)c2c1=O. The lowest BCUT2D eigenvalue weighted by molar-refractivity contribution is 0.102. The molecular formula is C29H21FN2O3S2. The lowest BCUT2D eigenvalue weighted by atomic mass is 10.1. The molecule has 0 aliphatic rings. The minimum atomic E-state index is -0.341. The summed E-state index contributed by atoms with van der Waals surface area (Å²) < 4.78 is 20.7. The third-order valence-corrected chi connectivity index (χ3v) is 7.46. The molecule has 0 N–H and O–H groups in total. The van der Waals surface area contributed by atoms with Crippen molar-refractivity contribution in [3.05, 3.63) is 119 Å². The van der Waals surface area contributed by atoms with E-state index in [1.165, 1.54) is 39.8 Å². The minimum absolute atomic E-state index is 0.0889. The second-order valence-corrected chi connectivity index (χ2v) is 9.89. The summed E-state index contributed by atoms with van der Waals surface area (Å²) in [6, 6.07) is 22.4. The standard InChI is InChI=1S/C29H21FN2O3S2/c1-2-16-32-28(34)26-24(19-8-12-21(30)13-9-19)17-36-27(26)31-29(32)37-18-25(33)20-10-14-23(15-11-20)35-22-6-4-3-5-7-22/h2-15,17H,1,16,18H2. The van der Waals surface area contributed by atoms with Gasteiger partial charge in [-0.1, -0.05) is 48.2 Å². The molecule has 0 atom stereocenters. The summed E-state index contributed by atoms with van der Waals surface area (Å²) in [5, 5.41) is 2.77. The number of ether oxygens (including phenoxy) is 1. The van der Waals surface area contributed by atoms with Gasteiger partial charge >= 0.3 is 0 Å². The summed E-state index contributed by atoms with van der Waals surface area (Å²) in [6.07, 6.45) is 1.62. The molecule has 5 rings (SSSR count). The predicted octanol–water partition coefficient (Wildman–Crippen LogP) is 7.22. The van der Waals surface area contributed by atoms with Gasteiger partial charge in [0.05, 0.1) is 11.1 Å². The molecule has 0 fully saturated rings. The quantitative estimate of drug-likeness (QED) is 0.0875. The highest BCUT2D eigenvalue weighted by Gasteiger charge is 2.18. The second kappa shape index (κ2) is 10.9. The van der Waals surface area contributed by atoms with Crippen molar-refractivity contribution in [2.24, 2.45) is 0 Å². The van der Waals surface area contributed by atoms with Crippen LogP contribution in [0.25, 0.3) is 21.3 Å². The second-order valence-electron chi connectivity index (χ2n) is 8.09. The number of thioether (sulfide) groups is 1. The Kier molecular flexibility index (Phi) is 7.30. The van der Waals surface area contributed by atoms with Crippen LogP contribution in [0, 0.1) is 5.82 Å². The first-order valence-corrected chi connectivity index (χ1v) is 13.3. The summed E-state index contributed by atoms with van der Waals surface area (Å²) >= 11 is 2.56. The molecule has 5 aromatic rings. The van der Waals surface area contributed by atoms with Gasteiger partial charge in [-0.25, -0.2) is 9.37 Å². The molecule has 2 heterocycles. The predicted molar refractivity (Wildman–Crippen MR) is 147 cm³/mol. The molecule has 5 nitrogen and oxygen atoms in total. The fraction of sp³-hybridized carbons (Fsp3) is 0.0690. The number of carbonyl (C=O) groups excluding carboxylic acids is 1. The van der Waals surface area contributed by atoms with Crippen LogP contribution in [-0.4, -0.2) is 21.1 Å². The van der Waals surface area contributed by atoms with Crippen LogP contribution in [0.5, 0.6) is 11.5 Å². The van der Waals surface area contributed by atoms with E-state index in [0.29, 0.717) is 32.2 Å². The molecule has 184 valence electrons. The van der Waals surface area contributed by atoms with Crippen molar-refractivity contribution in [3.8, 4) is 22.6 Å². The Labute approximate surface area is 220 Å². The summed E-state index contributed by atoms with van der Waals surface area (Å²) in [6.45, 7) is 4.02. The Hall–Kier alpha value is -4.01. The fourth-order valence-corrected chi connectivity index (χ4v) is 5.69. The average molecular weight is 529 g/mol. The average Bonchev–Trinajstić information content (AvgIpc) is 3.35. The van der Waals surface area contributed by atoms with E-state index in [4.69, 9.17) is 9.72 Å². The van der Waals surface area contributed by atoms with E-state index >= 15 is 0 Å². The molecule has 0 spiro atoms. The van der Waals surface area contributed by atoms with Gasteiger partial charge in [0.15, 0.2) is 10.9 Å². The van der Waals surface area contributed by atoms with Crippen molar-refractivity contribution in [1.82, 2.24) is 9.55 Å². The molecule has 0 saturated heterocycles. The first kappa shape index (κ1) is 24.7. The number of carbonyl (C=O) groups is 1. The molecule has 3 aromatic carbocycles. The van der Waals surface area contributed by atoms with Gasteiger partial charge in [-0.3, -0.25) is 14.2 Å². The lowest BCUT2D eigenvalue weighted by Gasteiger charge is -2.11. The van der Waals surface area contributed by atoms with E-state index < -0.39 is 0 Å². The Morgan fingerprint density at radius 1 is 1.03 bits per heavy atom. The van der Waals surface area contributed by atoms with Crippen LogP contribution < -0.4 is 10.3 Å². The molecule has 8 heteroatoms. The molecule has 0 aliphatic heterocycles. The first-order chi connectivity index (χ1) is 18.0. The smallest absolute Gasteiger partial charge is 0.263 e. The van der Waals surface area contributed by atoms with E-state index in [1.54, 1.807) is 42.5 Å². The Morgan fingerprint density at radius 2 is 1.73 bits per heavy atom. The number of allylic oxidation sites excluding steroid dienone is 1. The van der Waals surface area contributed by atoms with Gasteiger partial charge in [0.1, 0.15) is 22.1 Å². The highest BCUT2D eigenvalue weighted by molar-refractivity contribution is 7.99. The zero-order valence-electron chi connectivity index (χ0n) is 19.6. The van der Waals surface area contributed by atoms with Crippen molar-refractivity contribution in [3.63, 3.8) is 0 Å². The first-order valence-electron chi connectivity index (χ1n) is 11.4. The minimum Gasteiger partial charge on any atom is -0.457 e. The Bertz CT molecular complexity index is 1630. The maximum atomic E-state index is 13.5. The van der Waals surface area contributed by atoms with E-state index in [1.807, 2.05) is 35.7 Å². The van der Waals surface area contributed by atoms with Crippen LogP contribution in [0.1, 0.15) is 10.4 Å². The van der Waals surface area contributed by atoms with Crippen molar-refractivity contribution in [1.29, 1.82) is 0 Å². The number of nitrogens with zero attached hydrogens (tertiary/aromatic N) is 2. The number of halogens is 1. The van der Waals surface area contributed by atoms with E-state index in [0.717, 1.165) is 11.3 Å². The van der Waals surface area contributed by atoms with Crippen LogP contribution >= 0.6 is 23.1 Å². The van der Waals surface area contributed by atoms with Crippen LogP contribution in [0.2, 0.25) is 0 Å². The summed E-state index contributed by atoms with van der Waals surface area (Å²) in [7, 11) is 0. The molecule has 0 amide bonds. The highest BCUT2D eigenvalue weighted by atomic mass is 32.2. The van der Waals surface area contributed by atoms with E-state index in [-0.39, 0.29) is 29.5 Å². The Balaban J connectivity index is 1.37. The molecule has 2 aromatic heterocycles. The number of aromatic nitrogens is 2. The van der Waals surface area contributed by atoms with E-state index in [9.17, 15) is 14.0 Å². The van der Waals surface area contributed by atoms with Gasteiger partial charge in [-0.05, 0) is 54.1 Å². The number of ketones is 1. The zero-order valence-corrected chi connectivity index (χ0v) is 21.2. The maximum absolute atomic E-state index is 13.5. The third kappa shape index (κ3) is 5.40. The van der Waals surface area contributed by atoms with Crippen molar-refractivity contribution in [2.45, 2.75) is 11.7 Å². The molecule has 0 radical (unpaired) electrons. The van der Waals surface area contributed by atoms with Gasteiger partial charge in [0.25, 0.3) is 5.56 Å². The number of rotatable bonds is 9. The van der Waals surface area contributed by atoms with Gasteiger partial charge in [0.2, 0.25) is 0 Å². The maximum Gasteiger partial charge on any atom is 0.263 e. The largest absolute Gasteiger partial charge is 0.457 e. The fourth-order valence-electron chi connectivity index (χ4n) is 3.79. The number of Topliss-reactive ketones (excluding diaryl/α,β-unsaturated/α-hetero) is 1. The molecule has 0 unspecified atom stereocenters. The van der Waals surface area contributed by atoms with Crippen LogP contribution in [0.15, 0.2) is 107 Å². The molecule has 0 saturated carbocycles. The number of para-hydroxylation sites is 1. The van der Waals surface area contributed by atoms with Crippen LogP contribution in [0.3, 0.4) is 0 Å². The van der Waals surface area contributed by atoms with Crippen molar-refractivity contribution >= 4 is 39.1 Å². The third-order valence-electron chi connectivity index (χ3n) is 5.61. The number of thiophene rings is 1. The molecular weight excluding hydrogens is 507 g/mol. The monoisotopic (exact) mass is 528 g/mol.